The van der Waals surface area contributed by atoms with E-state index in [0.29, 0.717) is 6.54 Å². The number of likely N-dealkylation sites (tertiary alicyclic amines) is 1. The third-order valence-electron chi connectivity index (χ3n) is 4.97. The number of rotatable bonds is 6. The number of carbonyl (C=O) groups excluding carboxylic acids is 1. The molecule has 0 aliphatic carbocycles. The molecule has 0 radical (unpaired) electrons. The van der Waals surface area contributed by atoms with Crippen LogP contribution in [0.15, 0.2) is 24.3 Å². The van der Waals surface area contributed by atoms with E-state index in [2.05, 4.69) is 17.1 Å². The molecule has 3 N–H and O–H groups in total. The largest absolute Gasteiger partial charge is 0.496 e. The lowest BCUT2D eigenvalue weighted by Gasteiger charge is -2.28. The Balaban J connectivity index is 0.00000288. The van der Waals surface area contributed by atoms with E-state index in [1.165, 1.54) is 0 Å². The fourth-order valence-electron chi connectivity index (χ4n) is 3.16. The smallest absolute Gasteiger partial charge is 0.237 e. The van der Waals surface area contributed by atoms with Crippen LogP contribution in [0, 0.1) is 5.41 Å². The first-order valence-electron chi connectivity index (χ1n) is 8.27. The molecule has 3 atom stereocenters. The van der Waals surface area contributed by atoms with Crippen LogP contribution in [0.4, 0.5) is 0 Å². The fourth-order valence-corrected chi connectivity index (χ4v) is 3.16. The van der Waals surface area contributed by atoms with Crippen molar-refractivity contribution < 1.29 is 9.53 Å². The molecule has 5 nitrogen and oxygen atoms in total. The van der Waals surface area contributed by atoms with Gasteiger partial charge in [0.05, 0.1) is 19.2 Å². The molecule has 1 aliphatic rings. The second-order valence-electron chi connectivity index (χ2n) is 6.88. The number of hydrogen-bond acceptors (Lipinski definition) is 4. The minimum Gasteiger partial charge on any atom is -0.496 e. The molecule has 3 unspecified atom stereocenters. The van der Waals surface area contributed by atoms with Crippen LogP contribution in [0.2, 0.25) is 0 Å². The van der Waals surface area contributed by atoms with Crippen LogP contribution < -0.4 is 15.8 Å². The van der Waals surface area contributed by atoms with Crippen molar-refractivity contribution in [3.05, 3.63) is 29.8 Å². The molecule has 2 rings (SSSR count). The summed E-state index contributed by atoms with van der Waals surface area (Å²) in [7, 11) is 1.65. The molecule has 0 aromatic heterocycles. The van der Waals surface area contributed by atoms with Gasteiger partial charge >= 0.3 is 0 Å². The molecule has 1 saturated heterocycles. The third kappa shape index (κ3) is 4.62. The highest BCUT2D eigenvalue weighted by Gasteiger charge is 2.36. The molecule has 1 aromatic carbocycles. The normalized spacial score (nSPS) is 23.2. The number of halogens is 1. The Labute approximate surface area is 151 Å². The standard InChI is InChI=1S/C18H29N3O2.ClH/c1-13(15-7-5-6-8-16(15)23-4)20-17(22)14(2)21-10-9-18(3,11-19)12-21;/h5-8,13-14H,9-12,19H2,1-4H3,(H,20,22);1H. The molecule has 0 saturated carbocycles. The van der Waals surface area contributed by atoms with Gasteiger partial charge in [0.15, 0.2) is 0 Å². The van der Waals surface area contributed by atoms with Crippen molar-refractivity contribution in [2.24, 2.45) is 11.1 Å². The highest BCUT2D eigenvalue weighted by molar-refractivity contribution is 5.85. The number of methoxy groups -OCH3 is 1. The Morgan fingerprint density at radius 1 is 1.42 bits per heavy atom. The van der Waals surface area contributed by atoms with Crippen molar-refractivity contribution in [2.75, 3.05) is 26.7 Å². The average molecular weight is 356 g/mol. The number of carbonyl (C=O) groups is 1. The number of nitrogens with one attached hydrogen (secondary N) is 1. The second-order valence-corrected chi connectivity index (χ2v) is 6.88. The van der Waals surface area contributed by atoms with Gasteiger partial charge in [-0.2, -0.15) is 0 Å². The zero-order chi connectivity index (χ0) is 17.0. The Morgan fingerprint density at radius 3 is 2.67 bits per heavy atom. The van der Waals surface area contributed by atoms with Crippen LogP contribution in [0.5, 0.6) is 5.75 Å². The number of amides is 1. The third-order valence-corrected chi connectivity index (χ3v) is 4.97. The Morgan fingerprint density at radius 2 is 2.08 bits per heavy atom. The van der Waals surface area contributed by atoms with E-state index in [0.717, 1.165) is 30.8 Å². The van der Waals surface area contributed by atoms with Crippen molar-refractivity contribution in [1.82, 2.24) is 10.2 Å². The van der Waals surface area contributed by atoms with Gasteiger partial charge in [0.2, 0.25) is 5.91 Å². The molecule has 1 heterocycles. The number of para-hydroxylation sites is 1. The highest BCUT2D eigenvalue weighted by Crippen LogP contribution is 2.30. The van der Waals surface area contributed by atoms with Crippen LogP contribution in [-0.4, -0.2) is 43.6 Å². The summed E-state index contributed by atoms with van der Waals surface area (Å²) in [5, 5.41) is 3.10. The number of benzene rings is 1. The molecule has 0 spiro atoms. The SMILES string of the molecule is COc1ccccc1C(C)NC(=O)C(C)N1CCC(C)(CN)C1.Cl. The van der Waals surface area contributed by atoms with Crippen LogP contribution in [0.1, 0.15) is 38.8 Å². The van der Waals surface area contributed by atoms with E-state index in [1.54, 1.807) is 7.11 Å². The van der Waals surface area contributed by atoms with E-state index < -0.39 is 0 Å². The lowest BCUT2D eigenvalue weighted by molar-refractivity contribution is -0.126. The number of ether oxygens (including phenoxy) is 1. The van der Waals surface area contributed by atoms with Gasteiger partial charge in [-0.25, -0.2) is 0 Å². The molecule has 24 heavy (non-hydrogen) atoms. The molecular weight excluding hydrogens is 326 g/mol. The zero-order valence-electron chi connectivity index (χ0n) is 15.0. The van der Waals surface area contributed by atoms with Gasteiger partial charge in [-0.05, 0) is 44.8 Å². The van der Waals surface area contributed by atoms with Gasteiger partial charge in [0.1, 0.15) is 5.75 Å². The Kier molecular flexibility index (Phi) is 7.52. The Hall–Kier alpha value is -1.30. The predicted octanol–water partition coefficient (Wildman–Crippen LogP) is 2.35. The molecular formula is C18H30ClN3O2. The monoisotopic (exact) mass is 355 g/mol. The van der Waals surface area contributed by atoms with Gasteiger partial charge in [0, 0.05) is 12.1 Å². The van der Waals surface area contributed by atoms with Crippen molar-refractivity contribution in [2.45, 2.75) is 39.3 Å². The maximum atomic E-state index is 12.6. The molecule has 1 amide bonds. The van der Waals surface area contributed by atoms with E-state index in [9.17, 15) is 4.79 Å². The molecule has 0 bridgehead atoms. The molecule has 1 aromatic rings. The van der Waals surface area contributed by atoms with E-state index in [1.807, 2.05) is 38.1 Å². The summed E-state index contributed by atoms with van der Waals surface area (Å²) in [5.41, 5.74) is 6.97. The van der Waals surface area contributed by atoms with Crippen LogP contribution in [-0.2, 0) is 4.79 Å². The van der Waals surface area contributed by atoms with Gasteiger partial charge in [0.25, 0.3) is 0 Å². The molecule has 6 heteroatoms. The number of nitrogens with zero attached hydrogens (tertiary/aromatic N) is 1. The average Bonchev–Trinajstić information content (AvgIpc) is 2.97. The summed E-state index contributed by atoms with van der Waals surface area (Å²) >= 11 is 0. The summed E-state index contributed by atoms with van der Waals surface area (Å²) in [6.07, 6.45) is 1.04. The minimum atomic E-state index is -0.152. The van der Waals surface area contributed by atoms with Crippen molar-refractivity contribution in [3.63, 3.8) is 0 Å². The van der Waals surface area contributed by atoms with E-state index >= 15 is 0 Å². The first-order valence-corrected chi connectivity index (χ1v) is 8.27. The summed E-state index contributed by atoms with van der Waals surface area (Å²) in [4.78, 5) is 14.8. The molecule has 1 aliphatic heterocycles. The fraction of sp³-hybridized carbons (Fsp3) is 0.611. The number of hydrogen-bond donors (Lipinski definition) is 2. The number of nitrogens with two attached hydrogens (primary N) is 1. The lowest BCUT2D eigenvalue weighted by Crippen LogP contribution is -2.46. The maximum absolute atomic E-state index is 12.6. The summed E-state index contributed by atoms with van der Waals surface area (Å²) in [5.74, 6) is 0.842. The van der Waals surface area contributed by atoms with E-state index in [4.69, 9.17) is 10.5 Å². The van der Waals surface area contributed by atoms with Gasteiger partial charge < -0.3 is 15.8 Å². The molecule has 136 valence electrons. The predicted molar refractivity (Wildman–Crippen MR) is 99.6 cm³/mol. The lowest BCUT2D eigenvalue weighted by atomic mass is 9.90. The van der Waals surface area contributed by atoms with Crippen molar-refractivity contribution in [1.29, 1.82) is 0 Å². The first-order chi connectivity index (χ1) is 10.9. The van der Waals surface area contributed by atoms with Gasteiger partial charge in [-0.3, -0.25) is 9.69 Å². The van der Waals surface area contributed by atoms with Crippen LogP contribution in [0.3, 0.4) is 0 Å². The minimum absolute atomic E-state index is 0. The quantitative estimate of drug-likeness (QED) is 0.822. The Bertz CT molecular complexity index is 555. The summed E-state index contributed by atoms with van der Waals surface area (Å²) in [6, 6.07) is 7.53. The van der Waals surface area contributed by atoms with E-state index in [-0.39, 0.29) is 35.8 Å². The summed E-state index contributed by atoms with van der Waals surface area (Å²) < 4.78 is 5.37. The maximum Gasteiger partial charge on any atom is 0.237 e. The zero-order valence-corrected chi connectivity index (χ0v) is 15.9. The summed E-state index contributed by atoms with van der Waals surface area (Å²) in [6.45, 7) is 8.60. The van der Waals surface area contributed by atoms with Crippen LogP contribution >= 0.6 is 12.4 Å². The van der Waals surface area contributed by atoms with Gasteiger partial charge in [-0.15, -0.1) is 12.4 Å². The first kappa shape index (κ1) is 20.7. The van der Waals surface area contributed by atoms with Crippen molar-refractivity contribution in [3.8, 4) is 5.75 Å². The highest BCUT2D eigenvalue weighted by atomic mass is 35.5. The van der Waals surface area contributed by atoms with Crippen LogP contribution in [0.25, 0.3) is 0 Å². The topological polar surface area (TPSA) is 67.6 Å². The van der Waals surface area contributed by atoms with Gasteiger partial charge in [-0.1, -0.05) is 25.1 Å². The second kappa shape index (κ2) is 8.70. The molecule has 1 fully saturated rings. The van der Waals surface area contributed by atoms with Crippen molar-refractivity contribution >= 4 is 18.3 Å².